The van der Waals surface area contributed by atoms with Gasteiger partial charge >= 0.3 is 0 Å². The minimum Gasteiger partial charge on any atom is -0.495 e. The summed E-state index contributed by atoms with van der Waals surface area (Å²) < 4.78 is 19.8. The Bertz CT molecular complexity index is 1160. The average molecular weight is 507 g/mol. The van der Waals surface area contributed by atoms with Crippen LogP contribution in [0, 0.1) is 11.8 Å². The van der Waals surface area contributed by atoms with E-state index in [0.717, 1.165) is 73.0 Å². The van der Waals surface area contributed by atoms with Crippen LogP contribution in [0.2, 0.25) is 0 Å². The van der Waals surface area contributed by atoms with E-state index in [1.54, 1.807) is 7.11 Å². The second-order valence-corrected chi connectivity index (χ2v) is 11.1. The monoisotopic (exact) mass is 506 g/mol. The van der Waals surface area contributed by atoms with Crippen molar-refractivity contribution in [1.82, 2.24) is 19.8 Å². The van der Waals surface area contributed by atoms with Crippen LogP contribution >= 0.6 is 0 Å². The van der Waals surface area contributed by atoms with Gasteiger partial charge in [-0.15, -0.1) is 0 Å². The van der Waals surface area contributed by atoms with Crippen LogP contribution in [-0.2, 0) is 0 Å². The number of nitrogens with one attached hydrogen (secondary N) is 1. The average Bonchev–Trinajstić information content (AvgIpc) is 3.45. The summed E-state index contributed by atoms with van der Waals surface area (Å²) >= 11 is 0. The molecule has 37 heavy (non-hydrogen) atoms. The van der Waals surface area contributed by atoms with E-state index in [1.807, 2.05) is 17.0 Å². The zero-order valence-electron chi connectivity index (χ0n) is 22.0. The number of hydrogen-bond donors (Lipinski definition) is 1. The fourth-order valence-electron chi connectivity index (χ4n) is 5.98. The topological polar surface area (TPSA) is 56.8 Å². The van der Waals surface area contributed by atoms with Gasteiger partial charge in [-0.1, -0.05) is 11.8 Å². The number of ether oxygens (including phenoxy) is 1. The highest BCUT2D eigenvalue weighted by atomic mass is 19.1. The van der Waals surface area contributed by atoms with Crippen LogP contribution in [0.1, 0.15) is 56.9 Å². The first-order chi connectivity index (χ1) is 18.2. The Balaban J connectivity index is 1.27. The fraction of sp³-hybridized carbons (Fsp3) is 0.655. The molecule has 1 atom stereocenters. The van der Waals surface area contributed by atoms with Gasteiger partial charge in [0.2, 0.25) is 5.95 Å². The molecule has 8 heteroatoms. The lowest BCUT2D eigenvalue weighted by atomic mass is 10.0. The standard InChI is InChI=1S/C29H39FN6O/c1-37-27-19-25-26(18-21(27)6-2-3-12-34-13-4-5-14-34)32-29(36-15-9-22(30)20-36)33-28(25)31-23-10-16-35(17-11-23)24-7-8-24/h18-19,22-24H,3-5,7-17,20H2,1H3,(H,31,32,33)/t22-/m0/s1. The molecular weight excluding hydrogens is 467 g/mol. The Morgan fingerprint density at radius 2 is 1.84 bits per heavy atom. The number of benzene rings is 1. The molecule has 4 heterocycles. The van der Waals surface area contributed by atoms with E-state index < -0.39 is 6.17 Å². The van der Waals surface area contributed by atoms with Crippen molar-refractivity contribution in [2.75, 3.05) is 63.1 Å². The summed E-state index contributed by atoms with van der Waals surface area (Å²) in [7, 11) is 1.69. The number of fused-ring (bicyclic) bond motifs is 1. The summed E-state index contributed by atoms with van der Waals surface area (Å²) in [6.07, 6.45) is 8.05. The Morgan fingerprint density at radius 3 is 2.54 bits per heavy atom. The molecule has 2 aromatic rings. The van der Waals surface area contributed by atoms with Crippen molar-refractivity contribution < 1.29 is 9.13 Å². The number of methoxy groups -OCH3 is 1. The second kappa shape index (κ2) is 11.0. The van der Waals surface area contributed by atoms with Gasteiger partial charge in [-0.25, -0.2) is 9.37 Å². The minimum atomic E-state index is -0.824. The van der Waals surface area contributed by atoms with Gasteiger partial charge in [-0.05, 0) is 70.2 Å². The molecule has 0 amide bonds. The first-order valence-electron chi connectivity index (χ1n) is 14.2. The third-order valence-corrected chi connectivity index (χ3v) is 8.33. The van der Waals surface area contributed by atoms with Crippen LogP contribution in [0.25, 0.3) is 10.9 Å². The molecule has 1 N–H and O–H groups in total. The molecule has 198 valence electrons. The van der Waals surface area contributed by atoms with E-state index in [2.05, 4.69) is 27.0 Å². The number of piperidine rings is 1. The Kier molecular flexibility index (Phi) is 7.34. The maximum absolute atomic E-state index is 14.0. The third-order valence-electron chi connectivity index (χ3n) is 8.33. The number of hydrogen-bond acceptors (Lipinski definition) is 7. The molecule has 1 aromatic heterocycles. The van der Waals surface area contributed by atoms with Gasteiger partial charge in [0.15, 0.2) is 0 Å². The van der Waals surface area contributed by atoms with Gasteiger partial charge in [0.05, 0.1) is 24.7 Å². The van der Waals surface area contributed by atoms with Crippen molar-refractivity contribution in [2.45, 2.75) is 69.6 Å². The zero-order chi connectivity index (χ0) is 25.2. The van der Waals surface area contributed by atoms with Gasteiger partial charge in [-0.3, -0.25) is 0 Å². The maximum Gasteiger partial charge on any atom is 0.227 e. The number of nitrogens with zero attached hydrogens (tertiary/aromatic N) is 5. The fourth-order valence-corrected chi connectivity index (χ4v) is 5.98. The van der Waals surface area contributed by atoms with E-state index >= 15 is 0 Å². The molecule has 3 saturated heterocycles. The third kappa shape index (κ3) is 5.78. The molecule has 7 nitrogen and oxygen atoms in total. The molecule has 1 saturated carbocycles. The van der Waals surface area contributed by atoms with Crippen LogP contribution < -0.4 is 15.0 Å². The first kappa shape index (κ1) is 24.7. The molecule has 0 unspecified atom stereocenters. The number of aromatic nitrogens is 2. The lowest BCUT2D eigenvalue weighted by Crippen LogP contribution is -2.40. The molecular formula is C29H39FN6O. The van der Waals surface area contributed by atoms with Crippen LogP contribution in [0.5, 0.6) is 5.75 Å². The molecule has 1 aromatic carbocycles. The Labute approximate surface area is 219 Å². The minimum absolute atomic E-state index is 0.351. The second-order valence-electron chi connectivity index (χ2n) is 11.1. The normalized spacial score (nSPS) is 23.4. The van der Waals surface area contributed by atoms with Crippen molar-refractivity contribution in [2.24, 2.45) is 0 Å². The van der Waals surface area contributed by atoms with E-state index in [9.17, 15) is 4.39 Å². The Hall–Kier alpha value is -2.63. The van der Waals surface area contributed by atoms with E-state index in [1.165, 1.54) is 38.8 Å². The summed E-state index contributed by atoms with van der Waals surface area (Å²) in [6, 6.07) is 5.22. The number of anilines is 2. The molecule has 0 bridgehead atoms. The molecule has 0 radical (unpaired) electrons. The highest BCUT2D eigenvalue weighted by molar-refractivity contribution is 5.93. The van der Waals surface area contributed by atoms with E-state index in [0.29, 0.717) is 31.5 Å². The summed E-state index contributed by atoms with van der Waals surface area (Å²) in [5.41, 5.74) is 1.67. The van der Waals surface area contributed by atoms with E-state index in [-0.39, 0.29) is 0 Å². The number of rotatable bonds is 7. The highest BCUT2D eigenvalue weighted by Gasteiger charge is 2.32. The van der Waals surface area contributed by atoms with Crippen LogP contribution in [-0.4, -0.2) is 90.9 Å². The van der Waals surface area contributed by atoms with Crippen molar-refractivity contribution >= 4 is 22.7 Å². The quantitative estimate of drug-likeness (QED) is 0.569. The van der Waals surface area contributed by atoms with Crippen LogP contribution in [0.15, 0.2) is 12.1 Å². The van der Waals surface area contributed by atoms with Gasteiger partial charge in [0.25, 0.3) is 0 Å². The number of alkyl halides is 1. The number of halogens is 1. The van der Waals surface area contributed by atoms with Crippen molar-refractivity contribution in [1.29, 1.82) is 0 Å². The SMILES string of the molecule is COc1cc2c(NC3CCN(C4CC4)CC3)nc(N3CC[C@H](F)C3)nc2cc1C#CCCN1CCCC1. The van der Waals surface area contributed by atoms with E-state index in [4.69, 9.17) is 14.7 Å². The highest BCUT2D eigenvalue weighted by Crippen LogP contribution is 2.34. The summed E-state index contributed by atoms with van der Waals surface area (Å²) in [4.78, 5) is 16.9. The van der Waals surface area contributed by atoms with Crippen molar-refractivity contribution in [3.63, 3.8) is 0 Å². The van der Waals surface area contributed by atoms with Crippen molar-refractivity contribution in [3.8, 4) is 17.6 Å². The molecule has 0 spiro atoms. The molecule has 6 rings (SSSR count). The summed E-state index contributed by atoms with van der Waals surface area (Å²) in [5.74, 6) is 8.85. The molecule has 4 fully saturated rings. The van der Waals surface area contributed by atoms with Gasteiger partial charge < -0.3 is 24.8 Å². The lowest BCUT2D eigenvalue weighted by Gasteiger charge is -2.33. The summed E-state index contributed by atoms with van der Waals surface area (Å²) in [6.45, 7) is 6.65. The maximum atomic E-state index is 14.0. The van der Waals surface area contributed by atoms with Gasteiger partial charge in [0.1, 0.15) is 17.7 Å². The molecule has 4 aliphatic rings. The largest absolute Gasteiger partial charge is 0.495 e. The zero-order valence-corrected chi connectivity index (χ0v) is 22.0. The van der Waals surface area contributed by atoms with Crippen LogP contribution in [0.3, 0.4) is 0 Å². The molecule has 3 aliphatic heterocycles. The lowest BCUT2D eigenvalue weighted by molar-refractivity contribution is 0.210. The smallest absolute Gasteiger partial charge is 0.227 e. The van der Waals surface area contributed by atoms with Gasteiger partial charge in [-0.2, -0.15) is 4.98 Å². The predicted molar refractivity (Wildman–Crippen MR) is 146 cm³/mol. The first-order valence-corrected chi connectivity index (χ1v) is 14.2. The Morgan fingerprint density at radius 1 is 1.03 bits per heavy atom. The van der Waals surface area contributed by atoms with Gasteiger partial charge in [0, 0.05) is 50.1 Å². The molecule has 1 aliphatic carbocycles. The summed E-state index contributed by atoms with van der Waals surface area (Å²) in [5, 5.41) is 4.67. The predicted octanol–water partition coefficient (Wildman–Crippen LogP) is 4.06. The number of likely N-dealkylation sites (tertiary alicyclic amines) is 2. The van der Waals surface area contributed by atoms with Crippen molar-refractivity contribution in [3.05, 3.63) is 17.7 Å². The van der Waals surface area contributed by atoms with Crippen LogP contribution in [0.4, 0.5) is 16.2 Å².